The molecule has 0 saturated carbocycles. The van der Waals surface area contributed by atoms with Crippen molar-refractivity contribution in [1.29, 1.82) is 0 Å². The van der Waals surface area contributed by atoms with Crippen molar-refractivity contribution in [2.24, 2.45) is 5.73 Å². The summed E-state index contributed by atoms with van der Waals surface area (Å²) in [6.07, 6.45) is 1.60. The van der Waals surface area contributed by atoms with Crippen LogP contribution in [-0.4, -0.2) is 16.9 Å². The average molecular weight is 350 g/mol. The van der Waals surface area contributed by atoms with E-state index >= 15 is 0 Å². The predicted molar refractivity (Wildman–Crippen MR) is 82.1 cm³/mol. The molecule has 6 heteroatoms. The van der Waals surface area contributed by atoms with E-state index in [1.165, 1.54) is 0 Å². The Kier molecular flexibility index (Phi) is 6.05. The van der Waals surface area contributed by atoms with E-state index in [1.807, 2.05) is 6.92 Å². The van der Waals surface area contributed by atoms with Crippen LogP contribution in [0.3, 0.4) is 0 Å². The molecule has 0 saturated heterocycles. The Morgan fingerprint density at radius 1 is 1.61 bits per heavy atom. The first-order valence-electron chi connectivity index (χ1n) is 5.51. The van der Waals surface area contributed by atoms with Crippen molar-refractivity contribution < 1.29 is 4.79 Å². The van der Waals surface area contributed by atoms with Gasteiger partial charge in [0, 0.05) is 4.47 Å². The molecule has 1 aromatic rings. The minimum Gasteiger partial charge on any atom is -0.392 e. The van der Waals surface area contributed by atoms with E-state index in [-0.39, 0.29) is 16.9 Å². The van der Waals surface area contributed by atoms with Gasteiger partial charge in [0.15, 0.2) is 0 Å². The molecule has 3 N–H and O–H groups in total. The SMILES string of the molecule is CCCC(NC(=O)c1cccc(Br)c1Cl)C(N)=S. The molecule has 0 aliphatic carbocycles. The summed E-state index contributed by atoms with van der Waals surface area (Å²) in [5.41, 5.74) is 6.00. The van der Waals surface area contributed by atoms with E-state index in [9.17, 15) is 4.79 Å². The van der Waals surface area contributed by atoms with Gasteiger partial charge in [-0.1, -0.05) is 43.2 Å². The fourth-order valence-corrected chi connectivity index (χ4v) is 2.24. The molecule has 0 radical (unpaired) electrons. The minimum absolute atomic E-state index is 0.271. The van der Waals surface area contributed by atoms with Gasteiger partial charge in [0.05, 0.1) is 21.6 Å². The quantitative estimate of drug-likeness (QED) is 0.802. The van der Waals surface area contributed by atoms with E-state index in [1.54, 1.807) is 18.2 Å². The molecule has 0 aromatic heterocycles. The van der Waals surface area contributed by atoms with Gasteiger partial charge >= 0.3 is 0 Å². The lowest BCUT2D eigenvalue weighted by atomic mass is 10.1. The molecule has 0 spiro atoms. The van der Waals surface area contributed by atoms with Gasteiger partial charge < -0.3 is 11.1 Å². The van der Waals surface area contributed by atoms with Gasteiger partial charge in [-0.3, -0.25) is 4.79 Å². The second kappa shape index (κ2) is 7.07. The Morgan fingerprint density at radius 2 is 2.28 bits per heavy atom. The fourth-order valence-electron chi connectivity index (χ4n) is 1.49. The van der Waals surface area contributed by atoms with Crippen molar-refractivity contribution in [3.8, 4) is 0 Å². The smallest absolute Gasteiger partial charge is 0.253 e. The van der Waals surface area contributed by atoms with Crippen LogP contribution in [0.25, 0.3) is 0 Å². The number of thiocarbonyl (C=S) groups is 1. The third kappa shape index (κ3) is 3.93. The first-order chi connectivity index (χ1) is 8.47. The summed E-state index contributed by atoms with van der Waals surface area (Å²) in [4.78, 5) is 12.4. The highest BCUT2D eigenvalue weighted by Crippen LogP contribution is 2.25. The molecule has 1 atom stereocenters. The summed E-state index contributed by atoms with van der Waals surface area (Å²) in [5.74, 6) is -0.271. The number of hydrogen-bond acceptors (Lipinski definition) is 2. The van der Waals surface area contributed by atoms with Gasteiger partial charge in [-0.05, 0) is 34.5 Å². The van der Waals surface area contributed by atoms with Crippen LogP contribution in [0.1, 0.15) is 30.1 Å². The number of halogens is 2. The Hall–Kier alpha value is -0.650. The first-order valence-corrected chi connectivity index (χ1v) is 7.09. The van der Waals surface area contributed by atoms with Crippen LogP contribution in [0, 0.1) is 0 Å². The number of nitrogens with one attached hydrogen (secondary N) is 1. The van der Waals surface area contributed by atoms with E-state index in [0.29, 0.717) is 21.5 Å². The van der Waals surface area contributed by atoms with Gasteiger partial charge in [-0.2, -0.15) is 0 Å². The lowest BCUT2D eigenvalue weighted by molar-refractivity contribution is 0.0946. The standard InChI is InChI=1S/C12H14BrClN2OS/c1-2-4-9(11(15)18)16-12(17)7-5-3-6-8(13)10(7)14/h3,5-6,9H,2,4H2,1H3,(H2,15,18)(H,16,17). The molecule has 0 bridgehead atoms. The zero-order valence-electron chi connectivity index (χ0n) is 9.87. The maximum absolute atomic E-state index is 12.1. The highest BCUT2D eigenvalue weighted by Gasteiger charge is 2.18. The summed E-state index contributed by atoms with van der Waals surface area (Å²) in [6.45, 7) is 2.00. The van der Waals surface area contributed by atoms with Crippen molar-refractivity contribution in [3.63, 3.8) is 0 Å². The second-order valence-electron chi connectivity index (χ2n) is 3.82. The lowest BCUT2D eigenvalue weighted by Crippen LogP contribution is -2.43. The Morgan fingerprint density at radius 3 is 2.83 bits per heavy atom. The molecule has 1 aromatic carbocycles. The number of hydrogen-bond donors (Lipinski definition) is 2. The molecule has 3 nitrogen and oxygen atoms in total. The summed E-state index contributed by atoms with van der Waals surface area (Å²) >= 11 is 14.3. The third-order valence-corrected chi connectivity index (χ3v) is 4.00. The molecule has 0 aliphatic rings. The Bertz CT molecular complexity index is 467. The molecule has 0 aliphatic heterocycles. The predicted octanol–water partition coefficient (Wildman–Crippen LogP) is 3.29. The van der Waals surface area contributed by atoms with Crippen LogP contribution >= 0.6 is 39.7 Å². The van der Waals surface area contributed by atoms with Crippen molar-refractivity contribution in [2.45, 2.75) is 25.8 Å². The van der Waals surface area contributed by atoms with Gasteiger partial charge in [-0.15, -0.1) is 0 Å². The second-order valence-corrected chi connectivity index (χ2v) is 5.52. The first kappa shape index (κ1) is 15.4. The van der Waals surface area contributed by atoms with E-state index in [0.717, 1.165) is 6.42 Å². The summed E-state index contributed by atoms with van der Waals surface area (Å²) in [6, 6.07) is 4.88. The normalized spacial score (nSPS) is 11.9. The molecule has 0 fully saturated rings. The zero-order valence-corrected chi connectivity index (χ0v) is 13.0. The van der Waals surface area contributed by atoms with Gasteiger partial charge in [0.1, 0.15) is 0 Å². The minimum atomic E-state index is -0.299. The number of nitrogens with two attached hydrogens (primary N) is 1. The highest BCUT2D eigenvalue weighted by atomic mass is 79.9. The van der Waals surface area contributed by atoms with Crippen molar-refractivity contribution >= 4 is 50.6 Å². The summed E-state index contributed by atoms with van der Waals surface area (Å²) < 4.78 is 0.680. The third-order valence-electron chi connectivity index (χ3n) is 2.42. The Labute approximate surface area is 125 Å². The van der Waals surface area contributed by atoms with Crippen molar-refractivity contribution in [1.82, 2.24) is 5.32 Å². The maximum atomic E-state index is 12.1. The van der Waals surface area contributed by atoms with Gasteiger partial charge in [0.2, 0.25) is 0 Å². The molecular formula is C12H14BrClN2OS. The molecule has 0 heterocycles. The van der Waals surface area contributed by atoms with E-state index in [2.05, 4.69) is 21.2 Å². The summed E-state index contributed by atoms with van der Waals surface area (Å²) in [5, 5.41) is 3.17. The maximum Gasteiger partial charge on any atom is 0.253 e. The van der Waals surface area contributed by atoms with Crippen LogP contribution < -0.4 is 11.1 Å². The molecule has 18 heavy (non-hydrogen) atoms. The van der Waals surface area contributed by atoms with Crippen molar-refractivity contribution in [2.75, 3.05) is 0 Å². The van der Waals surface area contributed by atoms with Crippen LogP contribution in [0.5, 0.6) is 0 Å². The number of carbonyl (C=O) groups excluding carboxylic acids is 1. The molecular weight excluding hydrogens is 336 g/mol. The summed E-state index contributed by atoms with van der Waals surface area (Å²) in [7, 11) is 0. The zero-order chi connectivity index (χ0) is 13.7. The largest absolute Gasteiger partial charge is 0.392 e. The van der Waals surface area contributed by atoms with Crippen LogP contribution in [0.15, 0.2) is 22.7 Å². The molecule has 1 unspecified atom stereocenters. The monoisotopic (exact) mass is 348 g/mol. The topological polar surface area (TPSA) is 55.1 Å². The van der Waals surface area contributed by atoms with Gasteiger partial charge in [0.25, 0.3) is 5.91 Å². The average Bonchev–Trinajstić information content (AvgIpc) is 2.31. The van der Waals surface area contributed by atoms with Crippen molar-refractivity contribution in [3.05, 3.63) is 33.3 Å². The number of amides is 1. The van der Waals surface area contributed by atoms with Crippen LogP contribution in [0.4, 0.5) is 0 Å². The van der Waals surface area contributed by atoms with Crippen LogP contribution in [-0.2, 0) is 0 Å². The molecule has 98 valence electrons. The van der Waals surface area contributed by atoms with E-state index < -0.39 is 0 Å². The lowest BCUT2D eigenvalue weighted by Gasteiger charge is -2.17. The van der Waals surface area contributed by atoms with Gasteiger partial charge in [-0.25, -0.2) is 0 Å². The number of benzene rings is 1. The highest BCUT2D eigenvalue weighted by molar-refractivity contribution is 9.10. The number of rotatable bonds is 5. The van der Waals surface area contributed by atoms with Crippen LogP contribution in [0.2, 0.25) is 5.02 Å². The molecule has 1 rings (SSSR count). The molecule has 1 amide bonds. The Balaban J connectivity index is 2.87. The fraction of sp³-hybridized carbons (Fsp3) is 0.333. The number of carbonyl (C=O) groups is 1. The van der Waals surface area contributed by atoms with E-state index in [4.69, 9.17) is 29.6 Å².